The summed E-state index contributed by atoms with van der Waals surface area (Å²) in [5.41, 5.74) is 5.81. The van der Waals surface area contributed by atoms with Crippen LogP contribution < -0.4 is 5.32 Å². The largest absolute Gasteiger partial charge is 0.326 e. The number of hydrogen-bond donors (Lipinski definition) is 1. The Balaban J connectivity index is 1.83. The molecule has 0 saturated heterocycles. The fraction of sp³-hybridized carbons (Fsp3) is 0.278. The van der Waals surface area contributed by atoms with Crippen molar-refractivity contribution < 1.29 is 4.79 Å². The Kier molecular flexibility index (Phi) is 3.55. The maximum atomic E-state index is 11.4. The summed E-state index contributed by atoms with van der Waals surface area (Å²) in [6.07, 6.45) is 4.12. The average molecular weight is 265 g/mol. The van der Waals surface area contributed by atoms with Crippen LogP contribution in [0, 0.1) is 0 Å². The van der Waals surface area contributed by atoms with E-state index in [2.05, 4.69) is 48.6 Å². The van der Waals surface area contributed by atoms with Gasteiger partial charge in [-0.15, -0.1) is 0 Å². The molecule has 3 rings (SSSR count). The van der Waals surface area contributed by atoms with Crippen LogP contribution in [0.5, 0.6) is 0 Å². The van der Waals surface area contributed by atoms with Crippen LogP contribution in [0.1, 0.15) is 30.9 Å². The van der Waals surface area contributed by atoms with Gasteiger partial charge in [-0.05, 0) is 41.2 Å². The van der Waals surface area contributed by atoms with Crippen LogP contribution in [0.15, 0.2) is 42.5 Å². The molecule has 0 aromatic heterocycles. The van der Waals surface area contributed by atoms with Crippen molar-refractivity contribution in [1.82, 2.24) is 0 Å². The van der Waals surface area contributed by atoms with Crippen molar-refractivity contribution in [3.05, 3.63) is 53.6 Å². The monoisotopic (exact) mass is 265 g/mol. The number of hydrogen-bond acceptors (Lipinski definition) is 1. The first-order valence-electron chi connectivity index (χ1n) is 7.28. The van der Waals surface area contributed by atoms with E-state index in [1.807, 2.05) is 6.07 Å². The molecule has 0 unspecified atom stereocenters. The maximum absolute atomic E-state index is 11.4. The van der Waals surface area contributed by atoms with Gasteiger partial charge in [0.2, 0.25) is 5.91 Å². The van der Waals surface area contributed by atoms with Crippen LogP contribution in [0.2, 0.25) is 0 Å². The van der Waals surface area contributed by atoms with Crippen molar-refractivity contribution in [1.29, 1.82) is 0 Å². The van der Waals surface area contributed by atoms with E-state index in [-0.39, 0.29) is 5.91 Å². The number of unbranched alkanes of at least 4 members (excludes halogenated alkanes) is 1. The van der Waals surface area contributed by atoms with Crippen LogP contribution in [0.25, 0.3) is 11.1 Å². The Bertz CT molecular complexity index is 628. The van der Waals surface area contributed by atoms with Gasteiger partial charge in [-0.3, -0.25) is 4.79 Å². The standard InChI is InChI=1S/C18H19NO/c1-2-3-4-13-5-7-14(8-6-13)15-9-10-16-12-18(20)19-17(16)11-15/h5-11H,2-4,12H2,1H3,(H,19,20). The molecule has 0 radical (unpaired) electrons. The van der Waals surface area contributed by atoms with E-state index in [9.17, 15) is 4.79 Å². The number of anilines is 1. The summed E-state index contributed by atoms with van der Waals surface area (Å²) in [5, 5.41) is 2.91. The fourth-order valence-corrected chi connectivity index (χ4v) is 2.64. The molecule has 0 spiro atoms. The lowest BCUT2D eigenvalue weighted by Crippen LogP contribution is -2.03. The summed E-state index contributed by atoms with van der Waals surface area (Å²) in [6.45, 7) is 2.22. The lowest BCUT2D eigenvalue weighted by molar-refractivity contribution is -0.115. The molecule has 1 amide bonds. The van der Waals surface area contributed by atoms with Gasteiger partial charge in [0.1, 0.15) is 0 Å². The summed E-state index contributed by atoms with van der Waals surface area (Å²) in [4.78, 5) is 11.4. The zero-order chi connectivity index (χ0) is 13.9. The van der Waals surface area contributed by atoms with Crippen molar-refractivity contribution in [2.45, 2.75) is 32.6 Å². The van der Waals surface area contributed by atoms with E-state index in [0.717, 1.165) is 23.2 Å². The van der Waals surface area contributed by atoms with Crippen molar-refractivity contribution in [3.63, 3.8) is 0 Å². The Hall–Kier alpha value is -2.09. The second-order valence-electron chi connectivity index (χ2n) is 5.40. The van der Waals surface area contributed by atoms with Crippen molar-refractivity contribution in [2.75, 3.05) is 5.32 Å². The lowest BCUT2D eigenvalue weighted by Gasteiger charge is -2.06. The molecule has 2 aromatic carbocycles. The van der Waals surface area contributed by atoms with Crippen LogP contribution >= 0.6 is 0 Å². The van der Waals surface area contributed by atoms with E-state index >= 15 is 0 Å². The molecule has 1 aliphatic rings. The topological polar surface area (TPSA) is 29.1 Å². The molecular formula is C18H19NO. The molecular weight excluding hydrogens is 246 g/mol. The highest BCUT2D eigenvalue weighted by molar-refractivity contribution is 5.99. The van der Waals surface area contributed by atoms with Crippen molar-refractivity contribution in [3.8, 4) is 11.1 Å². The Morgan fingerprint density at radius 1 is 1.05 bits per heavy atom. The minimum Gasteiger partial charge on any atom is -0.326 e. The molecule has 0 saturated carbocycles. The number of nitrogens with one attached hydrogen (secondary N) is 1. The Morgan fingerprint density at radius 3 is 2.55 bits per heavy atom. The van der Waals surface area contributed by atoms with Crippen LogP contribution in [-0.4, -0.2) is 5.91 Å². The van der Waals surface area contributed by atoms with E-state index in [1.54, 1.807) is 0 Å². The fourth-order valence-electron chi connectivity index (χ4n) is 2.64. The number of benzene rings is 2. The van der Waals surface area contributed by atoms with Gasteiger partial charge < -0.3 is 5.32 Å². The van der Waals surface area contributed by atoms with Gasteiger partial charge in [-0.1, -0.05) is 49.7 Å². The quantitative estimate of drug-likeness (QED) is 0.882. The van der Waals surface area contributed by atoms with Crippen molar-refractivity contribution >= 4 is 11.6 Å². The van der Waals surface area contributed by atoms with E-state index in [4.69, 9.17) is 0 Å². The molecule has 0 fully saturated rings. The highest BCUT2D eigenvalue weighted by Gasteiger charge is 2.17. The minimum atomic E-state index is 0.0899. The summed E-state index contributed by atoms with van der Waals surface area (Å²) in [7, 11) is 0. The van der Waals surface area contributed by atoms with Gasteiger partial charge in [0.15, 0.2) is 0 Å². The highest BCUT2D eigenvalue weighted by Crippen LogP contribution is 2.29. The summed E-state index contributed by atoms with van der Waals surface area (Å²) in [5.74, 6) is 0.0899. The van der Waals surface area contributed by atoms with Crippen LogP contribution in [0.4, 0.5) is 5.69 Å². The minimum absolute atomic E-state index is 0.0899. The number of carbonyl (C=O) groups excluding carboxylic acids is 1. The molecule has 0 atom stereocenters. The third kappa shape index (κ3) is 2.60. The number of amides is 1. The predicted molar refractivity (Wildman–Crippen MR) is 82.8 cm³/mol. The lowest BCUT2D eigenvalue weighted by atomic mass is 10.00. The smallest absolute Gasteiger partial charge is 0.228 e. The van der Waals surface area contributed by atoms with Gasteiger partial charge in [0.25, 0.3) is 0 Å². The molecule has 2 aromatic rings. The van der Waals surface area contributed by atoms with Gasteiger partial charge in [0, 0.05) is 5.69 Å². The first-order chi connectivity index (χ1) is 9.76. The Morgan fingerprint density at radius 2 is 1.80 bits per heavy atom. The molecule has 0 aliphatic carbocycles. The molecule has 2 heteroatoms. The van der Waals surface area contributed by atoms with Gasteiger partial charge in [-0.2, -0.15) is 0 Å². The van der Waals surface area contributed by atoms with Gasteiger partial charge >= 0.3 is 0 Å². The SMILES string of the molecule is CCCCc1ccc(-c2ccc3c(c2)NC(=O)C3)cc1. The number of rotatable bonds is 4. The molecule has 2 nitrogen and oxygen atoms in total. The van der Waals surface area contributed by atoms with E-state index in [0.29, 0.717) is 6.42 Å². The maximum Gasteiger partial charge on any atom is 0.228 e. The van der Waals surface area contributed by atoms with Gasteiger partial charge in [0.05, 0.1) is 6.42 Å². The summed E-state index contributed by atoms with van der Waals surface area (Å²) < 4.78 is 0. The highest BCUT2D eigenvalue weighted by atomic mass is 16.1. The number of fused-ring (bicyclic) bond motifs is 1. The van der Waals surface area contributed by atoms with Crippen LogP contribution in [0.3, 0.4) is 0 Å². The molecule has 1 N–H and O–H groups in total. The molecule has 1 aliphatic heterocycles. The van der Waals surface area contributed by atoms with E-state index < -0.39 is 0 Å². The zero-order valence-corrected chi connectivity index (χ0v) is 11.8. The number of carbonyl (C=O) groups is 1. The Labute approximate surface area is 119 Å². The third-order valence-electron chi connectivity index (χ3n) is 3.84. The van der Waals surface area contributed by atoms with Crippen LogP contribution in [-0.2, 0) is 17.6 Å². The second kappa shape index (κ2) is 5.49. The summed E-state index contributed by atoms with van der Waals surface area (Å²) >= 11 is 0. The molecule has 20 heavy (non-hydrogen) atoms. The molecule has 1 heterocycles. The molecule has 102 valence electrons. The average Bonchev–Trinajstić information content (AvgIpc) is 2.84. The van der Waals surface area contributed by atoms with Gasteiger partial charge in [-0.25, -0.2) is 0 Å². The van der Waals surface area contributed by atoms with E-state index in [1.165, 1.54) is 24.0 Å². The molecule has 0 bridgehead atoms. The number of aryl methyl sites for hydroxylation is 1. The third-order valence-corrected chi connectivity index (χ3v) is 3.84. The van der Waals surface area contributed by atoms with Crippen molar-refractivity contribution in [2.24, 2.45) is 0 Å². The zero-order valence-electron chi connectivity index (χ0n) is 11.8. The first-order valence-corrected chi connectivity index (χ1v) is 7.28. The second-order valence-corrected chi connectivity index (χ2v) is 5.40. The summed E-state index contributed by atoms with van der Waals surface area (Å²) in [6, 6.07) is 15.0. The normalized spacial score (nSPS) is 13.2. The first kappa shape index (κ1) is 12.9. The predicted octanol–water partition coefficient (Wildman–Crippen LogP) is 4.19.